The maximum atomic E-state index is 13.1. The number of hydrogen-bond acceptors (Lipinski definition) is 9. The molecule has 186 valence electrons. The summed E-state index contributed by atoms with van der Waals surface area (Å²) in [5, 5.41) is 14.4. The number of aromatic nitrogens is 3. The lowest BCUT2D eigenvalue weighted by Gasteiger charge is -2.33. The van der Waals surface area contributed by atoms with Gasteiger partial charge in [0, 0.05) is 43.5 Å². The highest BCUT2D eigenvalue weighted by Gasteiger charge is 2.28. The van der Waals surface area contributed by atoms with E-state index in [4.69, 9.17) is 9.41 Å². The standard InChI is InChI=1S/C27H26N8O2/c1-34-14-16-35(17-15-34)24-20(11-7-13-28-24)26-32-33-27(37-26)31-23-25(36)29-21-12-6-5-10-19(21)22(30-23)18-8-3-2-4-9-18/h2-13,23H,14-17H2,1H3,(H,29,36)(H,31,33)/t23-/m1/s1. The maximum absolute atomic E-state index is 13.1. The zero-order valence-corrected chi connectivity index (χ0v) is 20.3. The quantitative estimate of drug-likeness (QED) is 0.435. The zero-order valence-electron chi connectivity index (χ0n) is 20.3. The zero-order chi connectivity index (χ0) is 25.2. The number of benzodiazepines with no additional fused rings is 1. The minimum absolute atomic E-state index is 0.102. The molecule has 6 rings (SSSR count). The molecule has 0 unspecified atom stereocenters. The molecule has 10 heteroatoms. The van der Waals surface area contributed by atoms with E-state index in [1.54, 1.807) is 6.20 Å². The van der Waals surface area contributed by atoms with Gasteiger partial charge < -0.3 is 24.9 Å². The van der Waals surface area contributed by atoms with E-state index in [0.29, 0.717) is 17.3 Å². The van der Waals surface area contributed by atoms with Gasteiger partial charge in [-0.3, -0.25) is 4.79 Å². The van der Waals surface area contributed by atoms with Crippen molar-refractivity contribution in [3.05, 3.63) is 84.1 Å². The maximum Gasteiger partial charge on any atom is 0.317 e. The van der Waals surface area contributed by atoms with Gasteiger partial charge >= 0.3 is 6.01 Å². The molecule has 10 nitrogen and oxygen atoms in total. The number of nitrogens with one attached hydrogen (secondary N) is 2. The number of pyridine rings is 1. The van der Waals surface area contributed by atoms with Gasteiger partial charge in [-0.15, -0.1) is 5.10 Å². The van der Waals surface area contributed by atoms with Gasteiger partial charge in [-0.25, -0.2) is 9.98 Å². The fourth-order valence-electron chi connectivity index (χ4n) is 4.52. The average molecular weight is 495 g/mol. The van der Waals surface area contributed by atoms with Gasteiger partial charge in [-0.05, 0) is 25.2 Å². The molecule has 4 aromatic rings. The molecular formula is C27H26N8O2. The van der Waals surface area contributed by atoms with Crippen molar-refractivity contribution >= 4 is 29.1 Å². The lowest BCUT2D eigenvalue weighted by Crippen LogP contribution is -2.45. The molecule has 4 heterocycles. The minimum atomic E-state index is -0.970. The molecule has 2 aromatic heterocycles. The number of nitrogens with zero attached hydrogens (tertiary/aromatic N) is 6. The number of amides is 1. The number of aliphatic imine (C=N–C) groups is 1. The van der Waals surface area contributed by atoms with Crippen molar-refractivity contribution in [2.24, 2.45) is 4.99 Å². The van der Waals surface area contributed by atoms with E-state index in [2.05, 4.69) is 42.7 Å². The fourth-order valence-corrected chi connectivity index (χ4v) is 4.52. The van der Waals surface area contributed by atoms with E-state index >= 15 is 0 Å². The number of benzene rings is 2. The first-order chi connectivity index (χ1) is 18.2. The smallest absolute Gasteiger partial charge is 0.317 e. The number of piperazine rings is 1. The second-order valence-electron chi connectivity index (χ2n) is 9.00. The summed E-state index contributed by atoms with van der Waals surface area (Å²) in [5.41, 5.74) is 3.87. The third-order valence-corrected chi connectivity index (χ3v) is 6.50. The summed E-state index contributed by atoms with van der Waals surface area (Å²) >= 11 is 0. The predicted octanol–water partition coefficient (Wildman–Crippen LogP) is 3.11. The minimum Gasteiger partial charge on any atom is -0.403 e. The number of hydrogen-bond donors (Lipinski definition) is 2. The summed E-state index contributed by atoms with van der Waals surface area (Å²) in [5.74, 6) is 0.810. The van der Waals surface area contributed by atoms with Crippen molar-refractivity contribution in [3.63, 3.8) is 0 Å². The Morgan fingerprint density at radius 3 is 2.51 bits per heavy atom. The highest BCUT2D eigenvalue weighted by atomic mass is 16.4. The SMILES string of the molecule is CN1CCN(c2ncccc2-c2nnc(N[C@H]3N=C(c4ccccc4)c4ccccc4NC3=O)o2)CC1. The number of para-hydroxylation sites is 1. The molecule has 0 aliphatic carbocycles. The van der Waals surface area contributed by atoms with Crippen molar-refractivity contribution in [2.45, 2.75) is 6.17 Å². The van der Waals surface area contributed by atoms with Gasteiger partial charge in [0.25, 0.3) is 11.8 Å². The Morgan fingerprint density at radius 2 is 1.68 bits per heavy atom. The Balaban J connectivity index is 1.30. The van der Waals surface area contributed by atoms with Crippen LogP contribution in [0, 0.1) is 0 Å². The van der Waals surface area contributed by atoms with Crippen LogP contribution in [0.1, 0.15) is 11.1 Å². The van der Waals surface area contributed by atoms with Crippen molar-refractivity contribution < 1.29 is 9.21 Å². The molecule has 1 amide bonds. The normalized spacial score (nSPS) is 18.0. The molecular weight excluding hydrogens is 468 g/mol. The van der Waals surface area contributed by atoms with Crippen LogP contribution in [0.3, 0.4) is 0 Å². The molecule has 1 atom stereocenters. The molecule has 0 bridgehead atoms. The molecule has 0 saturated carbocycles. The lowest BCUT2D eigenvalue weighted by atomic mass is 10.0. The number of fused-ring (bicyclic) bond motifs is 1. The third kappa shape index (κ3) is 4.66. The van der Waals surface area contributed by atoms with Crippen LogP contribution in [0.5, 0.6) is 0 Å². The van der Waals surface area contributed by atoms with Crippen LogP contribution in [0.4, 0.5) is 17.5 Å². The highest BCUT2D eigenvalue weighted by molar-refractivity contribution is 6.19. The summed E-state index contributed by atoms with van der Waals surface area (Å²) in [6.45, 7) is 3.63. The average Bonchev–Trinajstić information content (AvgIpc) is 3.35. The third-order valence-electron chi connectivity index (χ3n) is 6.50. The van der Waals surface area contributed by atoms with E-state index in [9.17, 15) is 4.79 Å². The van der Waals surface area contributed by atoms with Crippen LogP contribution >= 0.6 is 0 Å². The van der Waals surface area contributed by atoms with Gasteiger partial charge in [-0.1, -0.05) is 53.6 Å². The van der Waals surface area contributed by atoms with Gasteiger partial charge in [0.2, 0.25) is 6.17 Å². The summed E-state index contributed by atoms with van der Waals surface area (Å²) in [6.07, 6.45) is 0.793. The van der Waals surface area contributed by atoms with E-state index in [-0.39, 0.29) is 11.9 Å². The lowest BCUT2D eigenvalue weighted by molar-refractivity contribution is -0.116. The molecule has 1 fully saturated rings. The Morgan fingerprint density at radius 1 is 0.919 bits per heavy atom. The van der Waals surface area contributed by atoms with Crippen LogP contribution < -0.4 is 15.5 Å². The second-order valence-corrected chi connectivity index (χ2v) is 9.00. The van der Waals surface area contributed by atoms with Crippen LogP contribution in [-0.2, 0) is 4.79 Å². The second kappa shape index (κ2) is 9.82. The van der Waals surface area contributed by atoms with Gasteiger partial charge in [0.15, 0.2) is 0 Å². The molecule has 2 aliphatic rings. The van der Waals surface area contributed by atoms with Gasteiger partial charge in [-0.2, -0.15) is 0 Å². The number of rotatable bonds is 5. The Labute approximate surface area is 214 Å². The molecule has 1 saturated heterocycles. The Bertz CT molecular complexity index is 1440. The van der Waals surface area contributed by atoms with E-state index in [1.807, 2.05) is 66.7 Å². The molecule has 37 heavy (non-hydrogen) atoms. The van der Waals surface area contributed by atoms with Crippen LogP contribution in [0.15, 0.2) is 82.3 Å². The van der Waals surface area contributed by atoms with Crippen molar-refractivity contribution in [1.82, 2.24) is 20.1 Å². The number of carbonyl (C=O) groups excluding carboxylic acids is 1. The molecule has 0 radical (unpaired) electrons. The van der Waals surface area contributed by atoms with Crippen molar-refractivity contribution in [3.8, 4) is 11.5 Å². The first-order valence-electron chi connectivity index (χ1n) is 12.2. The predicted molar refractivity (Wildman–Crippen MR) is 142 cm³/mol. The number of likely N-dealkylation sites (N-methyl/N-ethyl adjacent to an activating group) is 1. The highest BCUT2D eigenvalue weighted by Crippen LogP contribution is 2.30. The van der Waals surface area contributed by atoms with Crippen LogP contribution in [0.2, 0.25) is 0 Å². The van der Waals surface area contributed by atoms with E-state index < -0.39 is 6.17 Å². The van der Waals surface area contributed by atoms with Gasteiger partial charge in [0.05, 0.1) is 17.0 Å². The Hall–Kier alpha value is -4.57. The first-order valence-corrected chi connectivity index (χ1v) is 12.2. The van der Waals surface area contributed by atoms with Crippen molar-refractivity contribution in [1.29, 1.82) is 0 Å². The Kier molecular flexibility index (Phi) is 6.07. The van der Waals surface area contributed by atoms with Crippen LogP contribution in [-0.4, -0.2) is 71.1 Å². The summed E-state index contributed by atoms with van der Waals surface area (Å²) in [4.78, 5) is 27.0. The van der Waals surface area contributed by atoms with E-state index in [0.717, 1.165) is 48.7 Å². The van der Waals surface area contributed by atoms with Gasteiger partial charge in [0.1, 0.15) is 5.82 Å². The largest absolute Gasteiger partial charge is 0.403 e. The van der Waals surface area contributed by atoms with Crippen LogP contribution in [0.25, 0.3) is 11.5 Å². The fraction of sp³-hybridized carbons (Fsp3) is 0.222. The number of carbonyl (C=O) groups is 1. The molecule has 2 aromatic carbocycles. The first kappa shape index (κ1) is 22.9. The van der Waals surface area contributed by atoms with E-state index in [1.165, 1.54) is 0 Å². The topological polar surface area (TPSA) is 112 Å². The molecule has 2 N–H and O–H groups in total. The summed E-state index contributed by atoms with van der Waals surface area (Å²) in [6, 6.07) is 21.2. The summed E-state index contributed by atoms with van der Waals surface area (Å²) < 4.78 is 5.97. The monoisotopic (exact) mass is 494 g/mol. The molecule has 2 aliphatic heterocycles. The van der Waals surface area contributed by atoms with Crippen molar-refractivity contribution in [2.75, 3.05) is 48.8 Å². The summed E-state index contributed by atoms with van der Waals surface area (Å²) in [7, 11) is 2.11. The number of anilines is 3. The molecule has 0 spiro atoms.